The molecule has 1 fully saturated rings. The van der Waals surface area contributed by atoms with Gasteiger partial charge in [0.05, 0.1) is 10.9 Å². The van der Waals surface area contributed by atoms with Gasteiger partial charge in [-0.3, -0.25) is 4.90 Å². The molecule has 1 heterocycles. The monoisotopic (exact) mass is 422 g/mol. The molecule has 0 aromatic heterocycles. The molecule has 0 saturated carbocycles. The Kier molecular flexibility index (Phi) is 4.93. The molecule has 0 bridgehead atoms. The Morgan fingerprint density at radius 2 is 1.33 bits per heavy atom. The molecule has 2 aliphatic rings. The lowest BCUT2D eigenvalue weighted by Crippen LogP contribution is -2.45. The zero-order valence-corrected chi connectivity index (χ0v) is 17.3. The van der Waals surface area contributed by atoms with Gasteiger partial charge in [-0.1, -0.05) is 48.5 Å². The highest BCUT2D eigenvalue weighted by molar-refractivity contribution is 7.89. The minimum Gasteiger partial charge on any atom is -0.292 e. The maximum Gasteiger partial charge on any atom is 0.240 e. The summed E-state index contributed by atoms with van der Waals surface area (Å²) in [6, 6.07) is 22.1. The van der Waals surface area contributed by atoms with E-state index in [0.717, 1.165) is 25.9 Å². The molecule has 0 radical (unpaired) electrons. The van der Waals surface area contributed by atoms with Gasteiger partial charge >= 0.3 is 0 Å². The van der Waals surface area contributed by atoms with Crippen molar-refractivity contribution in [3.8, 4) is 11.1 Å². The van der Waals surface area contributed by atoms with Gasteiger partial charge in [0.25, 0.3) is 0 Å². The first-order valence-corrected chi connectivity index (χ1v) is 11.7. The van der Waals surface area contributed by atoms with Crippen molar-refractivity contribution in [2.75, 3.05) is 13.1 Å². The highest BCUT2D eigenvalue weighted by Gasteiger charge is 2.35. The van der Waals surface area contributed by atoms with Gasteiger partial charge in [-0.15, -0.1) is 0 Å². The van der Waals surface area contributed by atoms with Crippen LogP contribution in [0.15, 0.2) is 77.7 Å². The third-order valence-corrected chi connectivity index (χ3v) is 7.68. The van der Waals surface area contributed by atoms with E-state index in [0.29, 0.717) is 0 Å². The molecule has 0 unspecified atom stereocenters. The molecule has 0 amide bonds. The fraction of sp³-hybridized carbons (Fsp3) is 0.250. The minimum atomic E-state index is -3.65. The molecule has 0 spiro atoms. The summed E-state index contributed by atoms with van der Waals surface area (Å²) in [7, 11) is -3.65. The highest BCUT2D eigenvalue weighted by atomic mass is 32.2. The Labute approximate surface area is 176 Å². The summed E-state index contributed by atoms with van der Waals surface area (Å²) in [5, 5.41) is 0. The van der Waals surface area contributed by atoms with Gasteiger partial charge in [0.1, 0.15) is 5.82 Å². The Morgan fingerprint density at radius 3 is 1.90 bits per heavy atom. The average Bonchev–Trinajstić information content (AvgIpc) is 3.09. The average molecular weight is 423 g/mol. The van der Waals surface area contributed by atoms with Crippen LogP contribution in [-0.4, -0.2) is 32.4 Å². The smallest absolute Gasteiger partial charge is 0.240 e. The molecule has 5 rings (SSSR count). The summed E-state index contributed by atoms with van der Waals surface area (Å²) in [5.41, 5.74) is 5.22. The molecular formula is C24H23FN2O2S. The standard InChI is InChI=1S/C24H23FN2O2S/c25-17-9-11-19(12-10-17)30(28,29)26-18-13-15-27(16-14-18)24-22-7-3-1-5-20(22)21-6-2-4-8-23(21)24/h1-12,18,24,26H,13-16H2. The number of sulfonamides is 1. The predicted octanol–water partition coefficient (Wildman–Crippen LogP) is 4.34. The molecule has 1 N–H and O–H groups in total. The van der Waals surface area contributed by atoms with E-state index in [1.165, 1.54) is 46.5 Å². The number of likely N-dealkylation sites (tertiary alicyclic amines) is 1. The molecule has 6 heteroatoms. The Balaban J connectivity index is 1.31. The SMILES string of the molecule is O=S(=O)(NC1CCN(C2c3ccccc3-c3ccccc32)CC1)c1ccc(F)cc1. The van der Waals surface area contributed by atoms with Gasteiger partial charge in [0.2, 0.25) is 10.0 Å². The van der Waals surface area contributed by atoms with E-state index in [2.05, 4.69) is 58.2 Å². The third kappa shape index (κ3) is 3.45. The van der Waals surface area contributed by atoms with Crippen LogP contribution >= 0.6 is 0 Å². The van der Waals surface area contributed by atoms with Gasteiger partial charge in [-0.2, -0.15) is 0 Å². The van der Waals surface area contributed by atoms with Crippen molar-refractivity contribution in [2.24, 2.45) is 0 Å². The lowest BCUT2D eigenvalue weighted by atomic mass is 9.98. The number of benzene rings is 3. The second kappa shape index (κ2) is 7.61. The topological polar surface area (TPSA) is 49.4 Å². The molecule has 1 saturated heterocycles. The van der Waals surface area contributed by atoms with Gasteiger partial charge in [-0.25, -0.2) is 17.5 Å². The van der Waals surface area contributed by atoms with E-state index in [9.17, 15) is 12.8 Å². The molecule has 4 nitrogen and oxygen atoms in total. The lowest BCUT2D eigenvalue weighted by molar-refractivity contribution is 0.173. The molecule has 1 aliphatic heterocycles. The Morgan fingerprint density at radius 1 is 0.800 bits per heavy atom. The first-order chi connectivity index (χ1) is 14.5. The molecule has 3 aromatic carbocycles. The first kappa shape index (κ1) is 19.4. The van der Waals surface area contributed by atoms with Crippen LogP contribution < -0.4 is 4.72 Å². The summed E-state index contributed by atoms with van der Waals surface area (Å²) in [6.07, 6.45) is 1.47. The van der Waals surface area contributed by atoms with Crippen LogP contribution in [0.2, 0.25) is 0 Å². The fourth-order valence-electron chi connectivity index (χ4n) is 4.70. The minimum absolute atomic E-state index is 0.102. The normalized spacial score (nSPS) is 17.6. The summed E-state index contributed by atoms with van der Waals surface area (Å²) in [4.78, 5) is 2.55. The zero-order valence-electron chi connectivity index (χ0n) is 16.5. The number of hydrogen-bond donors (Lipinski definition) is 1. The maximum atomic E-state index is 13.1. The summed E-state index contributed by atoms with van der Waals surface area (Å²) < 4.78 is 41.2. The van der Waals surface area contributed by atoms with Crippen LogP contribution in [-0.2, 0) is 10.0 Å². The van der Waals surface area contributed by atoms with Crippen LogP contribution in [0.1, 0.15) is 30.0 Å². The molecule has 30 heavy (non-hydrogen) atoms. The van der Waals surface area contributed by atoms with Crippen LogP contribution in [0, 0.1) is 5.82 Å². The van der Waals surface area contributed by atoms with Gasteiger partial charge in [0.15, 0.2) is 0 Å². The molecule has 1 aliphatic carbocycles. The number of nitrogens with zero attached hydrogens (tertiary/aromatic N) is 1. The number of rotatable bonds is 4. The van der Waals surface area contributed by atoms with Crippen molar-refractivity contribution < 1.29 is 12.8 Å². The summed E-state index contributed by atoms with van der Waals surface area (Å²) >= 11 is 0. The van der Waals surface area contributed by atoms with Crippen LogP contribution in [0.3, 0.4) is 0 Å². The van der Waals surface area contributed by atoms with Crippen LogP contribution in [0.4, 0.5) is 4.39 Å². The van der Waals surface area contributed by atoms with Crippen molar-refractivity contribution in [2.45, 2.75) is 29.8 Å². The largest absolute Gasteiger partial charge is 0.292 e. The van der Waals surface area contributed by atoms with Gasteiger partial charge < -0.3 is 0 Å². The molecule has 3 aromatic rings. The highest BCUT2D eigenvalue weighted by Crippen LogP contribution is 2.46. The maximum absolute atomic E-state index is 13.1. The van der Waals surface area contributed by atoms with E-state index in [-0.39, 0.29) is 17.0 Å². The fourth-order valence-corrected chi connectivity index (χ4v) is 6.00. The Bertz CT molecular complexity index is 1120. The number of halogens is 1. The number of fused-ring (bicyclic) bond motifs is 3. The van der Waals surface area contributed by atoms with E-state index < -0.39 is 15.8 Å². The van der Waals surface area contributed by atoms with E-state index >= 15 is 0 Å². The second-order valence-corrected chi connectivity index (χ2v) is 9.68. The van der Waals surface area contributed by atoms with Gasteiger partial charge in [0, 0.05) is 19.1 Å². The van der Waals surface area contributed by atoms with Gasteiger partial charge in [-0.05, 0) is 59.4 Å². The Hall–Kier alpha value is -2.54. The first-order valence-electron chi connectivity index (χ1n) is 10.2. The molecule has 154 valence electrons. The van der Waals surface area contributed by atoms with E-state index in [1.54, 1.807) is 0 Å². The van der Waals surface area contributed by atoms with Crippen LogP contribution in [0.5, 0.6) is 0 Å². The quantitative estimate of drug-likeness (QED) is 0.681. The predicted molar refractivity (Wildman–Crippen MR) is 115 cm³/mol. The van der Waals surface area contributed by atoms with E-state index in [4.69, 9.17) is 0 Å². The summed E-state index contributed by atoms with van der Waals surface area (Å²) in [5.74, 6) is -0.445. The second-order valence-electron chi connectivity index (χ2n) is 7.96. The number of nitrogens with one attached hydrogen (secondary N) is 1. The molecular weight excluding hydrogens is 399 g/mol. The van der Waals surface area contributed by atoms with Crippen molar-refractivity contribution in [1.29, 1.82) is 0 Å². The summed E-state index contributed by atoms with van der Waals surface area (Å²) in [6.45, 7) is 1.62. The third-order valence-electron chi connectivity index (χ3n) is 6.14. The van der Waals surface area contributed by atoms with Crippen molar-refractivity contribution >= 4 is 10.0 Å². The zero-order chi connectivity index (χ0) is 20.7. The number of hydrogen-bond acceptors (Lipinski definition) is 3. The van der Waals surface area contributed by atoms with E-state index in [1.807, 2.05) is 0 Å². The van der Waals surface area contributed by atoms with Crippen molar-refractivity contribution in [1.82, 2.24) is 9.62 Å². The van der Waals surface area contributed by atoms with Crippen molar-refractivity contribution in [3.63, 3.8) is 0 Å². The lowest BCUT2D eigenvalue weighted by Gasteiger charge is -2.37. The number of piperidine rings is 1. The van der Waals surface area contributed by atoms with Crippen LogP contribution in [0.25, 0.3) is 11.1 Å². The van der Waals surface area contributed by atoms with Crippen molar-refractivity contribution in [3.05, 3.63) is 89.7 Å². The molecule has 0 atom stereocenters.